The Morgan fingerprint density at radius 1 is 1.38 bits per heavy atom. The van der Waals surface area contributed by atoms with E-state index in [0.29, 0.717) is 30.4 Å². The fraction of sp³-hybridized carbons (Fsp3) is 0.375. The van der Waals surface area contributed by atoms with Gasteiger partial charge in [0.15, 0.2) is 6.29 Å². The lowest BCUT2D eigenvalue weighted by Gasteiger charge is -2.19. The largest absolute Gasteiger partial charge is 0.507 e. The number of carbonyl (C=O) groups is 2. The molecule has 0 fully saturated rings. The van der Waals surface area contributed by atoms with E-state index in [1.165, 1.54) is 6.07 Å². The average Bonchev–Trinajstić information content (AvgIpc) is 2.37. The summed E-state index contributed by atoms with van der Waals surface area (Å²) in [7, 11) is 0. The van der Waals surface area contributed by atoms with Crippen LogP contribution in [0, 0.1) is 0 Å². The molecule has 0 atom stereocenters. The van der Waals surface area contributed by atoms with Gasteiger partial charge in [-0.25, -0.2) is 4.79 Å². The standard InChI is InChI=1S/C16H21NO4/c1-16(2,3)21-15(20)17-10-5-4-8-13-12(11-18)7-6-9-14(13)19/h4,6-9,11,19H,5,10H2,1-3H3,(H,17,20). The van der Waals surface area contributed by atoms with Gasteiger partial charge in [-0.2, -0.15) is 0 Å². The molecule has 0 aliphatic rings. The maximum Gasteiger partial charge on any atom is 0.407 e. The number of phenolic OH excluding ortho intramolecular Hbond substituents is 1. The molecule has 2 N–H and O–H groups in total. The Labute approximate surface area is 124 Å². The molecule has 0 unspecified atom stereocenters. The number of nitrogens with one attached hydrogen (secondary N) is 1. The van der Waals surface area contributed by atoms with Gasteiger partial charge in [-0.15, -0.1) is 0 Å². The van der Waals surface area contributed by atoms with Crippen molar-refractivity contribution in [2.45, 2.75) is 32.8 Å². The predicted octanol–water partition coefficient (Wildman–Crippen LogP) is 3.13. The van der Waals surface area contributed by atoms with Crippen LogP contribution in [0.2, 0.25) is 0 Å². The van der Waals surface area contributed by atoms with Gasteiger partial charge in [0.05, 0.1) is 0 Å². The van der Waals surface area contributed by atoms with E-state index in [9.17, 15) is 14.7 Å². The molecule has 0 aromatic heterocycles. The van der Waals surface area contributed by atoms with E-state index >= 15 is 0 Å². The first-order valence-electron chi connectivity index (χ1n) is 6.74. The second kappa shape index (κ2) is 7.47. The van der Waals surface area contributed by atoms with Crippen LogP contribution in [0.5, 0.6) is 5.75 Å². The Balaban J connectivity index is 2.46. The van der Waals surface area contributed by atoms with Gasteiger partial charge in [-0.05, 0) is 33.3 Å². The number of carbonyl (C=O) groups excluding carboxylic acids is 2. The summed E-state index contributed by atoms with van der Waals surface area (Å²) in [5, 5.41) is 12.3. The summed E-state index contributed by atoms with van der Waals surface area (Å²) in [5.74, 6) is 0.0518. The van der Waals surface area contributed by atoms with Crippen LogP contribution in [0.4, 0.5) is 4.79 Å². The van der Waals surface area contributed by atoms with Gasteiger partial charge in [-0.1, -0.05) is 24.3 Å². The number of benzene rings is 1. The number of rotatable bonds is 5. The topological polar surface area (TPSA) is 75.6 Å². The Hall–Kier alpha value is -2.30. The third-order valence-corrected chi connectivity index (χ3v) is 2.51. The first kappa shape index (κ1) is 16.8. The highest BCUT2D eigenvalue weighted by atomic mass is 16.6. The van der Waals surface area contributed by atoms with Gasteiger partial charge >= 0.3 is 6.09 Å². The number of ether oxygens (including phenoxy) is 1. The SMILES string of the molecule is CC(C)(C)OC(=O)NCCC=Cc1c(O)cccc1C=O. The zero-order chi connectivity index (χ0) is 15.9. The number of aromatic hydroxyl groups is 1. The van der Waals surface area contributed by atoms with E-state index in [2.05, 4.69) is 5.32 Å². The van der Waals surface area contributed by atoms with Crippen LogP contribution in [0.25, 0.3) is 6.08 Å². The fourth-order valence-corrected chi connectivity index (χ4v) is 1.63. The summed E-state index contributed by atoms with van der Waals surface area (Å²) in [6.07, 6.45) is 4.23. The van der Waals surface area contributed by atoms with E-state index in [4.69, 9.17) is 4.74 Å². The smallest absolute Gasteiger partial charge is 0.407 e. The second-order valence-electron chi connectivity index (χ2n) is 5.52. The van der Waals surface area contributed by atoms with Gasteiger partial charge < -0.3 is 15.2 Å². The fourth-order valence-electron chi connectivity index (χ4n) is 1.63. The predicted molar refractivity (Wildman–Crippen MR) is 81.4 cm³/mol. The van der Waals surface area contributed by atoms with Crippen LogP contribution >= 0.6 is 0 Å². The van der Waals surface area contributed by atoms with Crippen molar-refractivity contribution in [2.75, 3.05) is 6.54 Å². The van der Waals surface area contributed by atoms with Crippen molar-refractivity contribution in [1.29, 1.82) is 0 Å². The van der Waals surface area contributed by atoms with E-state index in [1.807, 2.05) is 0 Å². The van der Waals surface area contributed by atoms with Crippen LogP contribution in [-0.2, 0) is 4.74 Å². The van der Waals surface area contributed by atoms with E-state index in [0.717, 1.165) is 0 Å². The highest BCUT2D eigenvalue weighted by Gasteiger charge is 2.15. The molecule has 114 valence electrons. The van der Waals surface area contributed by atoms with Gasteiger partial charge in [-0.3, -0.25) is 4.79 Å². The summed E-state index contributed by atoms with van der Waals surface area (Å²) in [4.78, 5) is 22.3. The highest BCUT2D eigenvalue weighted by molar-refractivity contribution is 5.83. The number of phenols is 1. The summed E-state index contributed by atoms with van der Waals surface area (Å²) < 4.78 is 5.10. The van der Waals surface area contributed by atoms with Crippen molar-refractivity contribution in [1.82, 2.24) is 5.32 Å². The lowest BCUT2D eigenvalue weighted by Crippen LogP contribution is -2.32. The molecule has 5 nitrogen and oxygen atoms in total. The molecule has 1 amide bonds. The second-order valence-corrected chi connectivity index (χ2v) is 5.52. The van der Waals surface area contributed by atoms with Crippen molar-refractivity contribution in [2.24, 2.45) is 0 Å². The monoisotopic (exact) mass is 291 g/mol. The Kier molecular flexibility index (Phi) is 5.96. The van der Waals surface area contributed by atoms with E-state index < -0.39 is 11.7 Å². The molecule has 0 saturated carbocycles. The van der Waals surface area contributed by atoms with Gasteiger partial charge in [0.1, 0.15) is 11.4 Å². The van der Waals surface area contributed by atoms with Crippen molar-refractivity contribution in [3.05, 3.63) is 35.4 Å². The molecule has 1 aromatic carbocycles. The molecule has 1 aromatic rings. The van der Waals surface area contributed by atoms with Crippen LogP contribution in [0.3, 0.4) is 0 Å². The normalized spacial score (nSPS) is 11.4. The van der Waals surface area contributed by atoms with Crippen LogP contribution in [-0.4, -0.2) is 29.6 Å². The van der Waals surface area contributed by atoms with Crippen molar-refractivity contribution < 1.29 is 19.4 Å². The number of aldehydes is 1. The summed E-state index contributed by atoms with van der Waals surface area (Å²) in [5.41, 5.74) is 0.380. The first-order valence-corrected chi connectivity index (χ1v) is 6.74. The van der Waals surface area contributed by atoms with Gasteiger partial charge in [0, 0.05) is 17.7 Å². The molecule has 5 heteroatoms. The maximum absolute atomic E-state index is 11.4. The molecule has 0 spiro atoms. The Bertz CT molecular complexity index is 530. The molecule has 0 bridgehead atoms. The molecule has 0 saturated heterocycles. The number of amides is 1. The van der Waals surface area contributed by atoms with Crippen LogP contribution in [0.15, 0.2) is 24.3 Å². The summed E-state index contributed by atoms with van der Waals surface area (Å²) in [6, 6.07) is 4.76. The highest BCUT2D eigenvalue weighted by Crippen LogP contribution is 2.21. The lowest BCUT2D eigenvalue weighted by molar-refractivity contribution is 0.0528. The van der Waals surface area contributed by atoms with Crippen molar-refractivity contribution in [3.8, 4) is 5.75 Å². The van der Waals surface area contributed by atoms with Crippen molar-refractivity contribution in [3.63, 3.8) is 0 Å². The minimum absolute atomic E-state index is 0.0518. The number of hydrogen-bond donors (Lipinski definition) is 2. The Morgan fingerprint density at radius 3 is 2.71 bits per heavy atom. The molecule has 21 heavy (non-hydrogen) atoms. The first-order chi connectivity index (χ1) is 9.83. The van der Waals surface area contributed by atoms with Gasteiger partial charge in [0.2, 0.25) is 0 Å². The number of alkyl carbamates (subject to hydrolysis) is 1. The lowest BCUT2D eigenvalue weighted by atomic mass is 10.1. The van der Waals surface area contributed by atoms with E-state index in [1.54, 1.807) is 45.1 Å². The van der Waals surface area contributed by atoms with Gasteiger partial charge in [0.25, 0.3) is 0 Å². The third kappa shape index (κ3) is 6.12. The summed E-state index contributed by atoms with van der Waals surface area (Å²) >= 11 is 0. The minimum atomic E-state index is -0.519. The minimum Gasteiger partial charge on any atom is -0.507 e. The molecular formula is C16H21NO4. The van der Waals surface area contributed by atoms with Crippen LogP contribution in [0.1, 0.15) is 43.1 Å². The average molecular weight is 291 g/mol. The Morgan fingerprint density at radius 2 is 2.10 bits per heavy atom. The third-order valence-electron chi connectivity index (χ3n) is 2.51. The summed E-state index contributed by atoms with van der Waals surface area (Å²) in [6.45, 7) is 5.80. The van der Waals surface area contributed by atoms with E-state index in [-0.39, 0.29) is 5.75 Å². The molecular weight excluding hydrogens is 270 g/mol. The molecule has 0 heterocycles. The molecule has 0 radical (unpaired) electrons. The quantitative estimate of drug-likeness (QED) is 0.645. The molecule has 1 rings (SSSR count). The zero-order valence-electron chi connectivity index (χ0n) is 12.6. The maximum atomic E-state index is 11.4. The zero-order valence-corrected chi connectivity index (χ0v) is 12.6. The molecule has 0 aliphatic carbocycles. The molecule has 0 aliphatic heterocycles. The van der Waals surface area contributed by atoms with Crippen LogP contribution < -0.4 is 5.32 Å². The number of hydrogen-bond acceptors (Lipinski definition) is 4. The van der Waals surface area contributed by atoms with Crippen molar-refractivity contribution >= 4 is 18.5 Å².